The van der Waals surface area contributed by atoms with Crippen molar-refractivity contribution >= 4 is 11.6 Å². The van der Waals surface area contributed by atoms with Crippen molar-refractivity contribution in [2.75, 3.05) is 31.6 Å². The van der Waals surface area contributed by atoms with E-state index < -0.39 is 17.6 Å². The maximum absolute atomic E-state index is 14.5. The minimum atomic E-state index is -0.749. The lowest BCUT2D eigenvalue weighted by atomic mass is 9.97. The Morgan fingerprint density at radius 3 is 2.55 bits per heavy atom. The maximum atomic E-state index is 14.5. The number of rotatable bonds is 4. The number of nitrogens with zero attached hydrogens (tertiary/aromatic N) is 2. The molecule has 1 aromatic carbocycles. The van der Waals surface area contributed by atoms with Gasteiger partial charge in [0.25, 0.3) is 5.56 Å². The van der Waals surface area contributed by atoms with Gasteiger partial charge in [0.2, 0.25) is 5.91 Å². The third kappa shape index (κ3) is 3.42. The summed E-state index contributed by atoms with van der Waals surface area (Å²) in [6.45, 7) is 3.35. The lowest BCUT2D eigenvalue weighted by molar-refractivity contribution is -0.117. The van der Waals surface area contributed by atoms with E-state index in [2.05, 4.69) is 5.32 Å². The first kappa shape index (κ1) is 19.6. The Morgan fingerprint density at radius 2 is 1.93 bits per heavy atom. The molecule has 29 heavy (non-hydrogen) atoms. The van der Waals surface area contributed by atoms with Gasteiger partial charge in [0.1, 0.15) is 23.1 Å². The largest absolute Gasteiger partial charge is 0.497 e. The first-order chi connectivity index (χ1) is 13.9. The molecule has 1 amide bonds. The van der Waals surface area contributed by atoms with Gasteiger partial charge in [-0.2, -0.15) is 0 Å². The molecule has 2 saturated heterocycles. The van der Waals surface area contributed by atoms with Crippen molar-refractivity contribution in [1.82, 2.24) is 9.88 Å². The number of aromatic nitrogens is 1. The second kappa shape index (κ2) is 7.59. The molecule has 0 radical (unpaired) electrons. The predicted octanol–water partition coefficient (Wildman–Crippen LogP) is 2.50. The number of methoxy groups -OCH3 is 1. The number of hydrogen-bond donors (Lipinski definition) is 1. The first-order valence-electron chi connectivity index (χ1n) is 9.66. The molecule has 8 heteroatoms. The lowest BCUT2D eigenvalue weighted by Gasteiger charge is -2.22. The van der Waals surface area contributed by atoms with Crippen LogP contribution in [0.25, 0.3) is 0 Å². The Hall–Kier alpha value is -2.74. The smallest absolute Gasteiger partial charge is 0.275 e. The van der Waals surface area contributed by atoms with Gasteiger partial charge in [0.15, 0.2) is 0 Å². The Bertz CT molecular complexity index is 992. The number of pyridine rings is 1. The van der Waals surface area contributed by atoms with E-state index in [-0.39, 0.29) is 41.8 Å². The standard InChI is InChI=1S/C21H23F2N3O3/c1-12-4-6-25(14-3-5-24-10-14)21(28)20(12)26-11-13(7-18(26)27)19-16(22)8-15(29-2)9-17(19)23/h4,6,8-9,13-14,24H,3,5,7,10-11H2,1-2H3. The number of ether oxygens (including phenoxy) is 1. The minimum absolute atomic E-state index is 0.0341. The molecular formula is C21H23F2N3O3. The van der Waals surface area contributed by atoms with Gasteiger partial charge in [-0.1, -0.05) is 0 Å². The third-order valence-corrected chi connectivity index (χ3v) is 5.81. The number of carbonyl (C=O) groups excluding carboxylic acids is 1. The highest BCUT2D eigenvalue weighted by molar-refractivity contribution is 5.97. The molecule has 6 nitrogen and oxygen atoms in total. The minimum Gasteiger partial charge on any atom is -0.497 e. The van der Waals surface area contributed by atoms with E-state index in [9.17, 15) is 18.4 Å². The number of carbonyl (C=O) groups is 1. The summed E-state index contributed by atoms with van der Waals surface area (Å²) in [6, 6.07) is 4.06. The van der Waals surface area contributed by atoms with Crippen molar-refractivity contribution in [2.45, 2.75) is 31.7 Å². The van der Waals surface area contributed by atoms with Crippen molar-refractivity contribution in [2.24, 2.45) is 0 Å². The molecule has 2 aromatic rings. The summed E-state index contributed by atoms with van der Waals surface area (Å²) in [5.74, 6) is -2.40. The number of benzene rings is 1. The van der Waals surface area contributed by atoms with E-state index in [1.54, 1.807) is 17.7 Å². The summed E-state index contributed by atoms with van der Waals surface area (Å²) in [4.78, 5) is 27.3. The van der Waals surface area contributed by atoms with Crippen molar-refractivity contribution < 1.29 is 18.3 Å². The molecule has 2 atom stereocenters. The fourth-order valence-corrected chi connectivity index (χ4v) is 4.31. The highest BCUT2D eigenvalue weighted by Crippen LogP contribution is 2.36. The average Bonchev–Trinajstić information content (AvgIpc) is 3.32. The van der Waals surface area contributed by atoms with Gasteiger partial charge in [-0.3, -0.25) is 9.59 Å². The zero-order valence-corrected chi connectivity index (χ0v) is 16.4. The summed E-state index contributed by atoms with van der Waals surface area (Å²) in [5, 5.41) is 3.23. The molecule has 0 bridgehead atoms. The molecule has 0 spiro atoms. The number of aryl methyl sites for hydroxylation is 1. The van der Waals surface area contributed by atoms with Crippen LogP contribution in [-0.4, -0.2) is 37.2 Å². The number of hydrogen-bond acceptors (Lipinski definition) is 4. The Labute approximate surface area is 167 Å². The quantitative estimate of drug-likeness (QED) is 0.852. The van der Waals surface area contributed by atoms with Crippen LogP contribution in [0.15, 0.2) is 29.2 Å². The summed E-state index contributed by atoms with van der Waals surface area (Å²) in [5.41, 5.74) is 0.571. The second-order valence-corrected chi connectivity index (χ2v) is 7.62. The first-order valence-corrected chi connectivity index (χ1v) is 9.66. The normalized spacial score (nSPS) is 21.8. The van der Waals surface area contributed by atoms with Crippen molar-refractivity contribution in [1.29, 1.82) is 0 Å². The molecule has 2 fully saturated rings. The zero-order chi connectivity index (χ0) is 20.7. The van der Waals surface area contributed by atoms with Gasteiger partial charge >= 0.3 is 0 Å². The van der Waals surface area contributed by atoms with E-state index in [0.29, 0.717) is 17.8 Å². The number of nitrogens with one attached hydrogen (secondary N) is 1. The molecule has 1 N–H and O–H groups in total. The van der Waals surface area contributed by atoms with Crippen LogP contribution in [0.3, 0.4) is 0 Å². The molecule has 154 valence electrons. The fourth-order valence-electron chi connectivity index (χ4n) is 4.31. The SMILES string of the molecule is COc1cc(F)c(C2CC(=O)N(c3c(C)ccn(C4CCNC4)c3=O)C2)c(F)c1. The van der Waals surface area contributed by atoms with Crippen LogP contribution in [-0.2, 0) is 4.79 Å². The summed E-state index contributed by atoms with van der Waals surface area (Å²) in [7, 11) is 1.33. The average molecular weight is 403 g/mol. The Kier molecular flexibility index (Phi) is 5.12. The van der Waals surface area contributed by atoms with Gasteiger partial charge in [-0.15, -0.1) is 0 Å². The van der Waals surface area contributed by atoms with Crippen LogP contribution in [0, 0.1) is 18.6 Å². The van der Waals surface area contributed by atoms with E-state index in [0.717, 1.165) is 25.1 Å². The van der Waals surface area contributed by atoms with Crippen LogP contribution in [0.1, 0.15) is 35.9 Å². The number of amides is 1. The van der Waals surface area contributed by atoms with E-state index in [4.69, 9.17) is 4.74 Å². The van der Waals surface area contributed by atoms with Gasteiger partial charge in [-0.25, -0.2) is 8.78 Å². The molecule has 2 aliphatic heterocycles. The van der Waals surface area contributed by atoms with Gasteiger partial charge < -0.3 is 19.5 Å². The van der Waals surface area contributed by atoms with Crippen molar-refractivity contribution in [3.8, 4) is 5.75 Å². The van der Waals surface area contributed by atoms with Gasteiger partial charge in [0.05, 0.1) is 13.2 Å². The monoisotopic (exact) mass is 403 g/mol. The van der Waals surface area contributed by atoms with E-state index in [1.807, 2.05) is 6.07 Å². The topological polar surface area (TPSA) is 63.6 Å². The van der Waals surface area contributed by atoms with Gasteiger partial charge in [-0.05, 0) is 31.5 Å². The lowest BCUT2D eigenvalue weighted by Crippen LogP contribution is -2.35. The van der Waals surface area contributed by atoms with Crippen LogP contribution in [0.2, 0.25) is 0 Å². The number of halogens is 2. The molecule has 4 rings (SSSR count). The summed E-state index contributed by atoms with van der Waals surface area (Å²) < 4.78 is 35.6. The van der Waals surface area contributed by atoms with Crippen molar-refractivity contribution in [3.05, 3.63) is 57.5 Å². The summed E-state index contributed by atoms with van der Waals surface area (Å²) in [6.07, 6.45) is 2.53. The Balaban J connectivity index is 1.69. The predicted molar refractivity (Wildman–Crippen MR) is 105 cm³/mol. The van der Waals surface area contributed by atoms with Crippen LogP contribution < -0.4 is 20.5 Å². The van der Waals surface area contributed by atoms with Crippen LogP contribution in [0.4, 0.5) is 14.5 Å². The molecule has 2 unspecified atom stereocenters. The van der Waals surface area contributed by atoms with E-state index in [1.165, 1.54) is 12.0 Å². The highest BCUT2D eigenvalue weighted by atomic mass is 19.1. The zero-order valence-electron chi connectivity index (χ0n) is 16.4. The van der Waals surface area contributed by atoms with E-state index >= 15 is 0 Å². The van der Waals surface area contributed by atoms with Crippen LogP contribution >= 0.6 is 0 Å². The fraction of sp³-hybridized carbons (Fsp3) is 0.429. The maximum Gasteiger partial charge on any atom is 0.275 e. The van der Waals surface area contributed by atoms with Gasteiger partial charge in [0, 0.05) is 49.3 Å². The second-order valence-electron chi connectivity index (χ2n) is 7.62. The van der Waals surface area contributed by atoms with Crippen LogP contribution in [0.5, 0.6) is 5.75 Å². The molecule has 2 aliphatic rings. The number of anilines is 1. The Morgan fingerprint density at radius 1 is 1.21 bits per heavy atom. The molecule has 0 aliphatic carbocycles. The summed E-state index contributed by atoms with van der Waals surface area (Å²) >= 11 is 0. The molecule has 1 aromatic heterocycles. The highest BCUT2D eigenvalue weighted by Gasteiger charge is 2.37. The van der Waals surface area contributed by atoms with Crippen molar-refractivity contribution in [3.63, 3.8) is 0 Å². The third-order valence-electron chi connectivity index (χ3n) is 5.81. The molecular weight excluding hydrogens is 380 g/mol. The molecule has 0 saturated carbocycles. The molecule has 3 heterocycles.